The average Bonchev–Trinajstić information content (AvgIpc) is 2.63. The fourth-order valence-corrected chi connectivity index (χ4v) is 2.83. The largest absolute Gasteiger partial charge is 0.484 e. The number of nitrogens with zero attached hydrogens (tertiary/aromatic N) is 2. The lowest BCUT2D eigenvalue weighted by atomic mass is 10.2. The molecule has 6 nitrogen and oxygen atoms in total. The number of nitrogens with one attached hydrogen (secondary N) is 1. The number of carbonyl (C=O) groups excluding carboxylic acids is 1. The number of hydrogen-bond acceptors (Lipinski definition) is 4. The Morgan fingerprint density at radius 2 is 2.00 bits per heavy atom. The van der Waals surface area contributed by atoms with E-state index in [-0.39, 0.29) is 18.1 Å². The molecule has 0 spiro atoms. The van der Waals surface area contributed by atoms with Crippen molar-refractivity contribution in [3.8, 4) is 5.75 Å². The predicted octanol–water partition coefficient (Wildman–Crippen LogP) is 2.84. The molecule has 0 fully saturated rings. The van der Waals surface area contributed by atoms with Crippen LogP contribution in [0.1, 0.15) is 18.8 Å². The first kappa shape index (κ1) is 17.9. The molecular formula is C19H18ClN3O3. The number of fused-ring (bicyclic) bond motifs is 1. The van der Waals surface area contributed by atoms with Crippen LogP contribution in [-0.2, 0) is 11.8 Å². The van der Waals surface area contributed by atoms with Crippen molar-refractivity contribution in [2.45, 2.75) is 13.0 Å². The Bertz CT molecular complexity index is 1000. The third-order valence-electron chi connectivity index (χ3n) is 3.95. The fourth-order valence-electron chi connectivity index (χ4n) is 2.66. The number of aromatic nitrogens is 2. The minimum absolute atomic E-state index is 0.123. The summed E-state index contributed by atoms with van der Waals surface area (Å²) in [4.78, 5) is 29.1. The Morgan fingerprint density at radius 3 is 2.73 bits per heavy atom. The number of hydrogen-bond donors (Lipinski definition) is 1. The molecule has 26 heavy (non-hydrogen) atoms. The molecule has 7 heteroatoms. The van der Waals surface area contributed by atoms with Gasteiger partial charge in [0.05, 0.1) is 16.9 Å². The molecule has 1 heterocycles. The van der Waals surface area contributed by atoms with Gasteiger partial charge in [0.25, 0.3) is 11.5 Å². The summed E-state index contributed by atoms with van der Waals surface area (Å²) in [6.45, 7) is 1.64. The van der Waals surface area contributed by atoms with Crippen LogP contribution in [0.25, 0.3) is 10.9 Å². The van der Waals surface area contributed by atoms with Gasteiger partial charge in [0.15, 0.2) is 6.61 Å². The maximum Gasteiger partial charge on any atom is 0.261 e. The van der Waals surface area contributed by atoms with Gasteiger partial charge in [-0.25, -0.2) is 4.98 Å². The van der Waals surface area contributed by atoms with Crippen LogP contribution in [0.2, 0.25) is 5.02 Å². The second-order valence-electron chi connectivity index (χ2n) is 5.89. The third-order valence-corrected chi connectivity index (χ3v) is 4.19. The van der Waals surface area contributed by atoms with E-state index >= 15 is 0 Å². The average molecular weight is 372 g/mol. The summed E-state index contributed by atoms with van der Waals surface area (Å²) in [5.41, 5.74) is 0.306. The van der Waals surface area contributed by atoms with E-state index in [1.807, 2.05) is 18.2 Å². The number of carbonyl (C=O) groups is 1. The van der Waals surface area contributed by atoms with Gasteiger partial charge >= 0.3 is 0 Å². The quantitative estimate of drug-likeness (QED) is 0.748. The minimum Gasteiger partial charge on any atom is -0.484 e. The Hall–Kier alpha value is -2.86. The van der Waals surface area contributed by atoms with Gasteiger partial charge < -0.3 is 10.1 Å². The summed E-state index contributed by atoms with van der Waals surface area (Å²) < 4.78 is 6.86. The van der Waals surface area contributed by atoms with Crippen molar-refractivity contribution in [2.75, 3.05) is 6.61 Å². The van der Waals surface area contributed by atoms with E-state index in [1.54, 1.807) is 44.3 Å². The highest BCUT2D eigenvalue weighted by atomic mass is 35.5. The molecule has 0 radical (unpaired) electrons. The standard InChI is InChI=1S/C19H18ClN3O3/c1-12(21-17(24)11-26-14-6-4-3-5-7-14)18-22-16-10-13(20)8-9-15(16)19(25)23(18)2/h3-10,12H,11H2,1-2H3,(H,21,24)/t12-/m0/s1. The van der Waals surface area contributed by atoms with Gasteiger partial charge in [0.1, 0.15) is 11.6 Å². The van der Waals surface area contributed by atoms with Gasteiger partial charge in [-0.2, -0.15) is 0 Å². The van der Waals surface area contributed by atoms with Crippen molar-refractivity contribution >= 4 is 28.4 Å². The normalized spacial score (nSPS) is 12.0. The molecule has 0 aliphatic heterocycles. The molecule has 1 amide bonds. The predicted molar refractivity (Wildman–Crippen MR) is 100 cm³/mol. The lowest BCUT2D eigenvalue weighted by Crippen LogP contribution is -2.35. The maximum atomic E-state index is 12.5. The van der Waals surface area contributed by atoms with Crippen LogP contribution in [-0.4, -0.2) is 22.1 Å². The number of ether oxygens (including phenoxy) is 1. The second-order valence-corrected chi connectivity index (χ2v) is 6.32. The van der Waals surface area contributed by atoms with E-state index in [2.05, 4.69) is 10.3 Å². The molecule has 0 aliphatic carbocycles. The van der Waals surface area contributed by atoms with Crippen molar-refractivity contribution in [3.05, 3.63) is 69.7 Å². The molecule has 0 bridgehead atoms. The smallest absolute Gasteiger partial charge is 0.261 e. The van der Waals surface area contributed by atoms with Crippen LogP contribution in [0.4, 0.5) is 0 Å². The third kappa shape index (κ3) is 3.86. The number of halogens is 1. The van der Waals surface area contributed by atoms with Crippen molar-refractivity contribution in [1.82, 2.24) is 14.9 Å². The molecule has 1 atom stereocenters. The zero-order valence-corrected chi connectivity index (χ0v) is 15.2. The lowest BCUT2D eigenvalue weighted by Gasteiger charge is -2.17. The van der Waals surface area contributed by atoms with Crippen LogP contribution in [0.5, 0.6) is 5.75 Å². The van der Waals surface area contributed by atoms with E-state index in [1.165, 1.54) is 4.57 Å². The molecule has 134 valence electrons. The van der Waals surface area contributed by atoms with E-state index in [9.17, 15) is 9.59 Å². The summed E-state index contributed by atoms with van der Waals surface area (Å²) >= 11 is 5.99. The molecule has 3 rings (SSSR count). The van der Waals surface area contributed by atoms with E-state index < -0.39 is 6.04 Å². The van der Waals surface area contributed by atoms with Crippen molar-refractivity contribution in [1.29, 1.82) is 0 Å². The summed E-state index contributed by atoms with van der Waals surface area (Å²) in [6.07, 6.45) is 0. The highest BCUT2D eigenvalue weighted by Crippen LogP contribution is 2.17. The van der Waals surface area contributed by atoms with Gasteiger partial charge in [0, 0.05) is 12.1 Å². The highest BCUT2D eigenvalue weighted by molar-refractivity contribution is 6.31. The zero-order chi connectivity index (χ0) is 18.7. The van der Waals surface area contributed by atoms with Crippen LogP contribution in [0, 0.1) is 0 Å². The summed E-state index contributed by atoms with van der Waals surface area (Å²) in [6, 6.07) is 13.5. The van der Waals surface area contributed by atoms with Crippen LogP contribution < -0.4 is 15.6 Å². The van der Waals surface area contributed by atoms with Crippen LogP contribution >= 0.6 is 11.6 Å². The van der Waals surface area contributed by atoms with Crippen LogP contribution in [0.3, 0.4) is 0 Å². The fraction of sp³-hybridized carbons (Fsp3) is 0.211. The van der Waals surface area contributed by atoms with Gasteiger partial charge in [-0.3, -0.25) is 14.2 Å². The Balaban J connectivity index is 1.76. The molecule has 0 saturated heterocycles. The first-order chi connectivity index (χ1) is 12.5. The first-order valence-electron chi connectivity index (χ1n) is 8.09. The first-order valence-corrected chi connectivity index (χ1v) is 8.47. The number of benzene rings is 2. The molecule has 0 saturated carbocycles. The van der Waals surface area contributed by atoms with Gasteiger partial charge in [0.2, 0.25) is 0 Å². The van der Waals surface area contributed by atoms with E-state index in [0.29, 0.717) is 27.5 Å². The van der Waals surface area contributed by atoms with Crippen molar-refractivity contribution < 1.29 is 9.53 Å². The Labute approximate surface area is 155 Å². The zero-order valence-electron chi connectivity index (χ0n) is 14.4. The number of rotatable bonds is 5. The SMILES string of the molecule is C[C@H](NC(=O)COc1ccccc1)c1nc2cc(Cl)ccc2c(=O)n1C. The van der Waals surface area contributed by atoms with Gasteiger partial charge in [-0.1, -0.05) is 29.8 Å². The molecule has 1 aromatic heterocycles. The van der Waals surface area contributed by atoms with Gasteiger partial charge in [-0.15, -0.1) is 0 Å². The summed E-state index contributed by atoms with van der Waals surface area (Å²) in [5, 5.41) is 3.77. The maximum absolute atomic E-state index is 12.5. The highest BCUT2D eigenvalue weighted by Gasteiger charge is 2.17. The van der Waals surface area contributed by atoms with Crippen molar-refractivity contribution in [3.63, 3.8) is 0 Å². The topological polar surface area (TPSA) is 73.2 Å². The minimum atomic E-state index is -0.469. The number of para-hydroxylation sites is 1. The summed E-state index contributed by atoms with van der Waals surface area (Å²) in [7, 11) is 1.63. The van der Waals surface area contributed by atoms with Crippen molar-refractivity contribution in [2.24, 2.45) is 7.05 Å². The molecule has 0 unspecified atom stereocenters. The monoisotopic (exact) mass is 371 g/mol. The molecular weight excluding hydrogens is 354 g/mol. The van der Waals surface area contributed by atoms with Gasteiger partial charge in [-0.05, 0) is 37.3 Å². The van der Waals surface area contributed by atoms with E-state index in [4.69, 9.17) is 16.3 Å². The molecule has 2 aromatic carbocycles. The molecule has 3 aromatic rings. The second kappa shape index (κ2) is 7.58. The lowest BCUT2D eigenvalue weighted by molar-refractivity contribution is -0.123. The Morgan fingerprint density at radius 1 is 1.27 bits per heavy atom. The summed E-state index contributed by atoms with van der Waals surface area (Å²) in [5.74, 6) is 0.751. The van der Waals surface area contributed by atoms with Crippen LogP contribution in [0.15, 0.2) is 53.3 Å². The number of amides is 1. The Kier molecular flexibility index (Phi) is 5.23. The molecule has 0 aliphatic rings. The molecule has 1 N–H and O–H groups in total. The van der Waals surface area contributed by atoms with E-state index in [0.717, 1.165) is 0 Å².